The van der Waals surface area contributed by atoms with E-state index in [-0.39, 0.29) is 35.3 Å². The number of amides is 1. The Morgan fingerprint density at radius 1 is 1.39 bits per heavy atom. The van der Waals surface area contributed by atoms with Gasteiger partial charge in [-0.05, 0) is 48.6 Å². The summed E-state index contributed by atoms with van der Waals surface area (Å²) in [7, 11) is 0. The molecule has 2 aliphatic rings. The summed E-state index contributed by atoms with van der Waals surface area (Å²) in [5, 5.41) is 10.1. The van der Waals surface area contributed by atoms with Crippen LogP contribution in [0.25, 0.3) is 10.1 Å². The summed E-state index contributed by atoms with van der Waals surface area (Å²) in [4.78, 5) is 19.0. The van der Waals surface area contributed by atoms with Crippen molar-refractivity contribution in [2.75, 3.05) is 32.7 Å². The number of fused-ring (bicyclic) bond motifs is 1. The van der Waals surface area contributed by atoms with Crippen molar-refractivity contribution in [3.63, 3.8) is 0 Å². The van der Waals surface area contributed by atoms with Crippen LogP contribution in [0.2, 0.25) is 0 Å². The molecule has 1 amide bonds. The molecule has 0 radical (unpaired) electrons. The smallest absolute Gasteiger partial charge is 0.220 e. The quantitative estimate of drug-likeness (QED) is 0.374. The number of hydrogen-bond donors (Lipinski definition) is 2. The second-order valence-electron chi connectivity index (χ2n) is 7.72. The van der Waals surface area contributed by atoms with Crippen LogP contribution in [0.15, 0.2) is 34.6 Å². The maximum Gasteiger partial charge on any atom is 0.220 e. The number of aliphatic imine (C=N–C) groups is 1. The lowest BCUT2D eigenvalue weighted by atomic mass is 9.79. The molecule has 3 heterocycles. The summed E-state index contributed by atoms with van der Waals surface area (Å²) in [5.74, 6) is 1.19. The lowest BCUT2D eigenvalue weighted by Gasteiger charge is -2.40. The molecular weight excluding hydrogens is 483 g/mol. The first kappa shape index (κ1) is 21.4. The Bertz CT molecular complexity index is 852. The predicted molar refractivity (Wildman–Crippen MR) is 128 cm³/mol. The summed E-state index contributed by atoms with van der Waals surface area (Å²) in [6, 6.07) is 8.59. The fraction of sp³-hybridized carbons (Fsp3) is 0.524. The van der Waals surface area contributed by atoms with Gasteiger partial charge in [0.15, 0.2) is 5.96 Å². The number of hydrogen-bond acceptors (Lipinski definition) is 3. The fourth-order valence-corrected chi connectivity index (χ4v) is 5.36. The molecule has 0 aliphatic carbocycles. The van der Waals surface area contributed by atoms with E-state index in [0.29, 0.717) is 6.42 Å². The number of benzene rings is 1. The molecule has 2 fully saturated rings. The third-order valence-electron chi connectivity index (χ3n) is 5.70. The van der Waals surface area contributed by atoms with E-state index in [9.17, 15) is 4.79 Å². The molecule has 7 heteroatoms. The highest BCUT2D eigenvalue weighted by atomic mass is 127. The van der Waals surface area contributed by atoms with Crippen LogP contribution in [0.3, 0.4) is 0 Å². The molecule has 28 heavy (non-hydrogen) atoms. The van der Waals surface area contributed by atoms with Gasteiger partial charge in [-0.25, -0.2) is 0 Å². The predicted octanol–water partition coefficient (Wildman–Crippen LogP) is 3.63. The summed E-state index contributed by atoms with van der Waals surface area (Å²) in [6.45, 7) is 6.50. The molecule has 1 unspecified atom stereocenters. The highest BCUT2D eigenvalue weighted by Gasteiger charge is 2.42. The summed E-state index contributed by atoms with van der Waals surface area (Å²) in [5.41, 5.74) is 1.48. The lowest BCUT2D eigenvalue weighted by Crippen LogP contribution is -2.51. The lowest BCUT2D eigenvalue weighted by molar-refractivity contribution is -0.119. The monoisotopic (exact) mass is 512 g/mol. The van der Waals surface area contributed by atoms with Gasteiger partial charge >= 0.3 is 0 Å². The first-order valence-electron chi connectivity index (χ1n) is 9.94. The molecule has 2 aromatic rings. The van der Waals surface area contributed by atoms with Gasteiger partial charge in [-0.3, -0.25) is 9.79 Å². The van der Waals surface area contributed by atoms with Crippen molar-refractivity contribution in [1.29, 1.82) is 0 Å². The number of piperidine rings is 1. The normalized spacial score (nSPS) is 22.4. The van der Waals surface area contributed by atoms with Crippen molar-refractivity contribution in [2.45, 2.75) is 32.6 Å². The maximum absolute atomic E-state index is 11.8. The molecule has 1 atom stereocenters. The average Bonchev–Trinajstić information content (AvgIpc) is 3.25. The minimum absolute atomic E-state index is 0. The highest BCUT2D eigenvalue weighted by Crippen LogP contribution is 2.36. The molecule has 152 valence electrons. The van der Waals surface area contributed by atoms with E-state index in [4.69, 9.17) is 4.99 Å². The van der Waals surface area contributed by atoms with E-state index >= 15 is 0 Å². The minimum Gasteiger partial charge on any atom is -0.357 e. The van der Waals surface area contributed by atoms with E-state index in [1.54, 1.807) is 0 Å². The maximum atomic E-state index is 11.8. The largest absolute Gasteiger partial charge is 0.357 e. The van der Waals surface area contributed by atoms with E-state index in [0.717, 1.165) is 57.9 Å². The molecule has 0 saturated carbocycles. The number of likely N-dealkylation sites (tertiary alicyclic amines) is 1. The zero-order valence-electron chi connectivity index (χ0n) is 16.4. The molecule has 5 nitrogen and oxygen atoms in total. The number of carbonyl (C=O) groups is 1. The van der Waals surface area contributed by atoms with Crippen molar-refractivity contribution >= 4 is 57.3 Å². The van der Waals surface area contributed by atoms with E-state index in [1.807, 2.05) is 11.3 Å². The fourth-order valence-electron chi connectivity index (χ4n) is 4.36. The van der Waals surface area contributed by atoms with Crippen LogP contribution in [-0.4, -0.2) is 49.5 Å². The van der Waals surface area contributed by atoms with Crippen LogP contribution in [-0.2, 0) is 11.2 Å². The third kappa shape index (κ3) is 4.62. The van der Waals surface area contributed by atoms with E-state index in [2.05, 4.69) is 52.1 Å². The molecular formula is C21H29IN4OS. The molecule has 4 rings (SSSR count). The van der Waals surface area contributed by atoms with Crippen molar-refractivity contribution in [3.8, 4) is 0 Å². The van der Waals surface area contributed by atoms with Crippen LogP contribution >= 0.6 is 35.3 Å². The van der Waals surface area contributed by atoms with Gasteiger partial charge in [0.2, 0.25) is 5.91 Å². The van der Waals surface area contributed by atoms with Gasteiger partial charge in [-0.2, -0.15) is 0 Å². The minimum atomic E-state index is 0. The Labute approximate surface area is 188 Å². The summed E-state index contributed by atoms with van der Waals surface area (Å²) >= 11 is 1.81. The Kier molecular flexibility index (Phi) is 7.20. The molecule has 1 aromatic heterocycles. The number of guanidine groups is 1. The Morgan fingerprint density at radius 2 is 2.25 bits per heavy atom. The first-order valence-corrected chi connectivity index (χ1v) is 10.8. The molecule has 2 aliphatic heterocycles. The second-order valence-corrected chi connectivity index (χ2v) is 8.63. The summed E-state index contributed by atoms with van der Waals surface area (Å²) < 4.78 is 1.35. The Hall–Kier alpha value is -1.35. The van der Waals surface area contributed by atoms with E-state index < -0.39 is 0 Å². The topological polar surface area (TPSA) is 56.7 Å². The SMILES string of the molecule is CCNC(=NCCc1csc2ccccc12)N1CCCC2(CNC(=O)C2)C1.I. The summed E-state index contributed by atoms with van der Waals surface area (Å²) in [6.07, 6.45) is 3.86. The highest BCUT2D eigenvalue weighted by molar-refractivity contribution is 14.0. The van der Waals surface area contributed by atoms with Crippen molar-refractivity contribution in [3.05, 3.63) is 35.2 Å². The van der Waals surface area contributed by atoms with Gasteiger partial charge in [0.25, 0.3) is 0 Å². The number of nitrogens with one attached hydrogen (secondary N) is 2. The van der Waals surface area contributed by atoms with E-state index in [1.165, 1.54) is 15.6 Å². The Morgan fingerprint density at radius 3 is 3.04 bits per heavy atom. The van der Waals surface area contributed by atoms with Gasteiger partial charge in [0.05, 0.1) is 0 Å². The number of thiophene rings is 1. The first-order chi connectivity index (χ1) is 13.2. The van der Waals surface area contributed by atoms with Crippen molar-refractivity contribution in [2.24, 2.45) is 10.4 Å². The number of halogens is 1. The number of carbonyl (C=O) groups excluding carboxylic acids is 1. The zero-order valence-corrected chi connectivity index (χ0v) is 19.5. The molecule has 2 saturated heterocycles. The second kappa shape index (κ2) is 9.43. The van der Waals surface area contributed by atoms with Gasteiger partial charge in [0, 0.05) is 49.3 Å². The van der Waals surface area contributed by atoms with Crippen LogP contribution < -0.4 is 10.6 Å². The van der Waals surface area contributed by atoms with Crippen molar-refractivity contribution in [1.82, 2.24) is 15.5 Å². The number of nitrogens with zero attached hydrogens (tertiary/aromatic N) is 2. The van der Waals surface area contributed by atoms with Crippen LogP contribution in [0, 0.1) is 5.41 Å². The van der Waals surface area contributed by atoms with Gasteiger partial charge in [0.1, 0.15) is 0 Å². The van der Waals surface area contributed by atoms with Crippen molar-refractivity contribution < 1.29 is 4.79 Å². The third-order valence-corrected chi connectivity index (χ3v) is 6.71. The van der Waals surface area contributed by atoms with Gasteiger partial charge in [-0.1, -0.05) is 18.2 Å². The van der Waals surface area contributed by atoms with Crippen LogP contribution in [0.1, 0.15) is 31.7 Å². The van der Waals surface area contributed by atoms with Crippen LogP contribution in [0.5, 0.6) is 0 Å². The zero-order chi connectivity index (χ0) is 18.7. The van der Waals surface area contributed by atoms with Gasteiger partial charge < -0.3 is 15.5 Å². The molecule has 2 N–H and O–H groups in total. The average molecular weight is 512 g/mol. The van der Waals surface area contributed by atoms with Crippen LogP contribution in [0.4, 0.5) is 0 Å². The standard InChI is InChI=1S/C21H28N4OS.HI/c1-2-22-20(25-11-5-9-21(15-25)12-19(26)24-14-21)23-10-8-16-13-27-18-7-4-3-6-17(16)18;/h3-4,6-7,13H,2,5,8-12,14-15H2,1H3,(H,22,23)(H,24,26);1H. The molecule has 0 bridgehead atoms. The number of rotatable bonds is 4. The molecule has 1 aromatic carbocycles. The molecule has 1 spiro atoms. The Balaban J connectivity index is 0.00000225. The van der Waals surface area contributed by atoms with Gasteiger partial charge in [-0.15, -0.1) is 35.3 Å².